The van der Waals surface area contributed by atoms with Gasteiger partial charge in [0.05, 0.1) is 0 Å². The van der Waals surface area contributed by atoms with Crippen LogP contribution in [0.2, 0.25) is 3.43 Å². The number of nitrogens with zero attached hydrogens (tertiary/aromatic N) is 2. The molecule has 0 saturated heterocycles. The van der Waals surface area contributed by atoms with Crippen molar-refractivity contribution < 1.29 is 0 Å². The van der Waals surface area contributed by atoms with Crippen molar-refractivity contribution in [3.8, 4) is 0 Å². The van der Waals surface area contributed by atoms with Crippen LogP contribution in [0.4, 0.5) is 0 Å². The van der Waals surface area contributed by atoms with Crippen LogP contribution in [0.25, 0.3) is 0 Å². The molecule has 0 unspecified atom stereocenters. The molecule has 1 aromatic rings. The molecule has 1 aromatic heterocycles. The fourth-order valence-corrected chi connectivity index (χ4v) is 5.07. The van der Waals surface area contributed by atoms with Gasteiger partial charge in [-0.15, -0.1) is 0 Å². The second kappa shape index (κ2) is 4.04. The van der Waals surface area contributed by atoms with Gasteiger partial charge in [-0.1, -0.05) is 0 Å². The molecule has 1 aliphatic carbocycles. The number of aryl methyl sites for hydroxylation is 1. The van der Waals surface area contributed by atoms with Gasteiger partial charge < -0.3 is 0 Å². The van der Waals surface area contributed by atoms with Crippen LogP contribution in [0, 0.1) is 6.92 Å². The second-order valence-corrected chi connectivity index (χ2v) is 11.8. The van der Waals surface area contributed by atoms with Crippen molar-refractivity contribution in [2.75, 3.05) is 0 Å². The monoisotopic (exact) mass is 310 g/mol. The van der Waals surface area contributed by atoms with Crippen molar-refractivity contribution in [2.24, 2.45) is 0 Å². The van der Waals surface area contributed by atoms with Crippen LogP contribution in [0.3, 0.4) is 0 Å². The molecule has 0 spiro atoms. The molecule has 2 rings (SSSR count). The van der Waals surface area contributed by atoms with E-state index in [0.717, 1.165) is 11.7 Å². The Morgan fingerprint density at radius 2 is 1.93 bits per heavy atom. The molecule has 3 heteroatoms. The van der Waals surface area contributed by atoms with Gasteiger partial charge in [-0.2, -0.15) is 0 Å². The summed E-state index contributed by atoms with van der Waals surface area (Å²) in [6.07, 6.45) is 2.66. The molecule has 1 aliphatic rings. The van der Waals surface area contributed by atoms with E-state index in [9.17, 15) is 0 Å². The Morgan fingerprint density at radius 1 is 1.27 bits per heavy atom. The average Bonchev–Trinajstić information content (AvgIpc) is 2.80. The standard InChI is InChI=1S/C8H9N2.C4H9.Sn/c1-6-9-5-4-8(10-6)7-2-3-7;1-4(2)3;/h4,7H,2-3H2,1H3;1-3H3;. The first kappa shape index (κ1) is 11.4. The van der Waals surface area contributed by atoms with E-state index in [1.807, 2.05) is 6.92 Å². The quantitative estimate of drug-likeness (QED) is 0.783. The van der Waals surface area contributed by atoms with E-state index < -0.39 is 21.1 Å². The predicted molar refractivity (Wildman–Crippen MR) is 63.8 cm³/mol. The molecule has 0 atom stereocenters. The SMILES string of the molecule is Cc1n[c]([Sn][C](C)(C)C)cc(C2CC2)n1. The van der Waals surface area contributed by atoms with Crippen LogP contribution in [0.1, 0.15) is 51.0 Å². The van der Waals surface area contributed by atoms with Crippen LogP contribution in [-0.4, -0.2) is 31.1 Å². The summed E-state index contributed by atoms with van der Waals surface area (Å²) in [6.45, 7) is 9.01. The zero-order valence-electron chi connectivity index (χ0n) is 9.96. The van der Waals surface area contributed by atoms with Gasteiger partial charge in [0.25, 0.3) is 0 Å². The van der Waals surface area contributed by atoms with Crippen LogP contribution >= 0.6 is 0 Å². The first-order valence-corrected chi connectivity index (χ1v) is 8.43. The molecular formula is C12H18N2Sn. The Morgan fingerprint density at radius 3 is 2.47 bits per heavy atom. The van der Waals surface area contributed by atoms with Gasteiger partial charge in [0.2, 0.25) is 0 Å². The molecule has 0 aliphatic heterocycles. The summed E-state index contributed by atoms with van der Waals surface area (Å²) in [5.74, 6) is 1.73. The Kier molecular flexibility index (Phi) is 3.06. The van der Waals surface area contributed by atoms with Crippen LogP contribution in [-0.2, 0) is 0 Å². The zero-order valence-corrected chi connectivity index (χ0v) is 12.8. The zero-order chi connectivity index (χ0) is 11.1. The Hall–Kier alpha value is -0.121. The summed E-state index contributed by atoms with van der Waals surface area (Å²) >= 11 is -0.564. The van der Waals surface area contributed by atoms with E-state index in [0.29, 0.717) is 3.43 Å². The molecule has 1 saturated carbocycles. The van der Waals surface area contributed by atoms with Gasteiger partial charge in [0.1, 0.15) is 0 Å². The van der Waals surface area contributed by atoms with Gasteiger partial charge in [0, 0.05) is 0 Å². The third-order valence-corrected chi connectivity index (χ3v) is 5.96. The summed E-state index contributed by atoms with van der Waals surface area (Å²) in [6, 6.07) is 2.28. The maximum atomic E-state index is 4.59. The van der Waals surface area contributed by atoms with Crippen molar-refractivity contribution in [3.63, 3.8) is 0 Å². The molecule has 0 N–H and O–H groups in total. The average molecular weight is 309 g/mol. The summed E-state index contributed by atoms with van der Waals surface area (Å²) in [4.78, 5) is 9.14. The van der Waals surface area contributed by atoms with E-state index >= 15 is 0 Å². The van der Waals surface area contributed by atoms with Gasteiger partial charge >= 0.3 is 102 Å². The summed E-state index contributed by atoms with van der Waals surface area (Å²) in [5, 5.41) is 0. The minimum atomic E-state index is -0.564. The maximum absolute atomic E-state index is 4.59. The molecule has 0 aromatic carbocycles. The molecule has 15 heavy (non-hydrogen) atoms. The van der Waals surface area contributed by atoms with Crippen LogP contribution < -0.4 is 3.71 Å². The van der Waals surface area contributed by atoms with E-state index in [-0.39, 0.29) is 0 Å². The summed E-state index contributed by atoms with van der Waals surface area (Å²) in [7, 11) is 0. The van der Waals surface area contributed by atoms with E-state index in [2.05, 4.69) is 36.8 Å². The van der Waals surface area contributed by atoms with E-state index in [4.69, 9.17) is 0 Å². The molecule has 1 heterocycles. The third-order valence-electron chi connectivity index (χ3n) is 2.36. The topological polar surface area (TPSA) is 25.8 Å². The van der Waals surface area contributed by atoms with Crippen LogP contribution in [0.15, 0.2) is 6.07 Å². The van der Waals surface area contributed by atoms with Crippen molar-refractivity contribution in [3.05, 3.63) is 17.6 Å². The van der Waals surface area contributed by atoms with E-state index in [1.165, 1.54) is 22.2 Å². The van der Waals surface area contributed by atoms with Gasteiger partial charge in [0.15, 0.2) is 0 Å². The van der Waals surface area contributed by atoms with Gasteiger partial charge in [-0.25, -0.2) is 0 Å². The molecule has 2 nitrogen and oxygen atoms in total. The molecule has 2 radical (unpaired) electrons. The van der Waals surface area contributed by atoms with Crippen molar-refractivity contribution in [1.82, 2.24) is 9.97 Å². The summed E-state index contributed by atoms with van der Waals surface area (Å²) in [5.41, 5.74) is 1.31. The predicted octanol–water partition coefficient (Wildman–Crippen LogP) is 2.21. The van der Waals surface area contributed by atoms with Crippen molar-refractivity contribution >= 4 is 24.9 Å². The number of hydrogen-bond acceptors (Lipinski definition) is 2. The van der Waals surface area contributed by atoms with Gasteiger partial charge in [-0.3, -0.25) is 0 Å². The Balaban J connectivity index is 2.23. The van der Waals surface area contributed by atoms with Crippen LogP contribution in [0.5, 0.6) is 0 Å². The number of aromatic nitrogens is 2. The molecule has 80 valence electrons. The first-order valence-electron chi connectivity index (χ1n) is 5.58. The summed E-state index contributed by atoms with van der Waals surface area (Å²) < 4.78 is 1.85. The van der Waals surface area contributed by atoms with E-state index in [1.54, 1.807) is 0 Å². The molecule has 0 bridgehead atoms. The Bertz CT molecular complexity index is 364. The van der Waals surface area contributed by atoms with Gasteiger partial charge in [-0.05, 0) is 0 Å². The number of rotatable bonds is 2. The Labute approximate surface area is 102 Å². The van der Waals surface area contributed by atoms with Crippen molar-refractivity contribution in [2.45, 2.75) is 49.9 Å². The second-order valence-electron chi connectivity index (χ2n) is 5.37. The number of hydrogen-bond donors (Lipinski definition) is 0. The minimum absolute atomic E-state index is 0.477. The molecule has 0 amide bonds. The van der Waals surface area contributed by atoms with Crippen molar-refractivity contribution in [1.29, 1.82) is 0 Å². The third kappa shape index (κ3) is 3.43. The fourth-order valence-electron chi connectivity index (χ4n) is 1.63. The first-order chi connectivity index (χ1) is 6.94. The normalized spacial score (nSPS) is 16.8. The molecule has 1 fully saturated rings. The molecular weight excluding hydrogens is 291 g/mol. The fraction of sp³-hybridized carbons (Fsp3) is 0.667.